The first-order valence-electron chi connectivity index (χ1n) is 13.4. The number of esters is 2. The standard InChI is InChI=1S/C30H40N2O6/c1-37-28(34)20-27(33)25(18-24-15-13-23(14-16-24)17-21-9-5-3-6-10-21)31-30(36)32-26(29(35)38-2)19-22-11-7-4-8-12-22/h3,5-6,9-10,13-16,22,25-27,33H,4,7-8,11-12,17-20H2,1-2H3,(H2,31,32,36)/t25-,26-,27-/m0/s1. The largest absolute Gasteiger partial charge is 0.469 e. The van der Waals surface area contributed by atoms with Gasteiger partial charge in [-0.25, -0.2) is 9.59 Å². The van der Waals surface area contributed by atoms with Gasteiger partial charge in [-0.1, -0.05) is 86.7 Å². The number of amides is 2. The molecule has 3 rings (SSSR count). The molecule has 0 unspecified atom stereocenters. The number of aliphatic hydroxyl groups excluding tert-OH is 1. The number of nitrogens with one attached hydrogen (secondary N) is 2. The van der Waals surface area contributed by atoms with Crippen LogP contribution in [0.1, 0.15) is 61.6 Å². The Morgan fingerprint density at radius 1 is 0.868 bits per heavy atom. The second kappa shape index (κ2) is 15.1. The quantitative estimate of drug-likeness (QED) is 0.363. The van der Waals surface area contributed by atoms with E-state index in [0.29, 0.717) is 18.8 Å². The molecule has 8 nitrogen and oxygen atoms in total. The van der Waals surface area contributed by atoms with Gasteiger partial charge in [0.05, 0.1) is 32.8 Å². The predicted molar refractivity (Wildman–Crippen MR) is 144 cm³/mol. The lowest BCUT2D eigenvalue weighted by molar-refractivity contribution is -0.144. The van der Waals surface area contributed by atoms with Crippen LogP contribution in [0.15, 0.2) is 54.6 Å². The van der Waals surface area contributed by atoms with Crippen LogP contribution in [0.25, 0.3) is 0 Å². The minimum Gasteiger partial charge on any atom is -0.469 e. The van der Waals surface area contributed by atoms with Crippen molar-refractivity contribution in [3.05, 3.63) is 71.3 Å². The molecule has 0 aromatic heterocycles. The molecule has 0 heterocycles. The van der Waals surface area contributed by atoms with Gasteiger partial charge >= 0.3 is 18.0 Å². The van der Waals surface area contributed by atoms with Gasteiger partial charge in [0, 0.05) is 0 Å². The van der Waals surface area contributed by atoms with Crippen LogP contribution in [0.5, 0.6) is 0 Å². The summed E-state index contributed by atoms with van der Waals surface area (Å²) >= 11 is 0. The molecule has 3 atom stereocenters. The SMILES string of the molecule is COC(=O)C[C@H](O)[C@H](Cc1ccc(Cc2ccccc2)cc1)NC(=O)N[C@@H](CC1CCCCC1)C(=O)OC. The molecule has 0 radical (unpaired) electrons. The highest BCUT2D eigenvalue weighted by molar-refractivity contribution is 5.83. The van der Waals surface area contributed by atoms with E-state index in [1.54, 1.807) is 0 Å². The normalized spacial score (nSPS) is 16.1. The number of carbonyl (C=O) groups is 3. The third kappa shape index (κ3) is 9.49. The Bertz CT molecular complexity index is 1020. The van der Waals surface area contributed by atoms with E-state index in [0.717, 1.165) is 43.2 Å². The fourth-order valence-electron chi connectivity index (χ4n) is 5.04. The molecule has 0 saturated heterocycles. The Balaban J connectivity index is 1.66. The van der Waals surface area contributed by atoms with Gasteiger partial charge in [-0.3, -0.25) is 4.79 Å². The average Bonchev–Trinajstić information content (AvgIpc) is 2.94. The van der Waals surface area contributed by atoms with Crippen LogP contribution < -0.4 is 10.6 Å². The van der Waals surface area contributed by atoms with Crippen molar-refractivity contribution in [1.29, 1.82) is 0 Å². The number of benzene rings is 2. The average molecular weight is 525 g/mol. The highest BCUT2D eigenvalue weighted by Gasteiger charge is 2.29. The van der Waals surface area contributed by atoms with Crippen LogP contribution in [0.2, 0.25) is 0 Å². The number of methoxy groups -OCH3 is 2. The molecule has 0 bridgehead atoms. The maximum atomic E-state index is 13.0. The minimum atomic E-state index is -1.17. The number of carbonyl (C=O) groups excluding carboxylic acids is 3. The summed E-state index contributed by atoms with van der Waals surface area (Å²) in [7, 11) is 2.56. The second-order valence-corrected chi connectivity index (χ2v) is 10.1. The maximum Gasteiger partial charge on any atom is 0.328 e. The van der Waals surface area contributed by atoms with Crippen molar-refractivity contribution in [3.8, 4) is 0 Å². The summed E-state index contributed by atoms with van der Waals surface area (Å²) < 4.78 is 9.64. The van der Waals surface area contributed by atoms with Crippen LogP contribution in [-0.2, 0) is 31.9 Å². The van der Waals surface area contributed by atoms with E-state index >= 15 is 0 Å². The van der Waals surface area contributed by atoms with Crippen molar-refractivity contribution in [3.63, 3.8) is 0 Å². The topological polar surface area (TPSA) is 114 Å². The number of hydrogen-bond donors (Lipinski definition) is 3. The van der Waals surface area contributed by atoms with Crippen LogP contribution in [0, 0.1) is 5.92 Å². The summed E-state index contributed by atoms with van der Waals surface area (Å²) in [6.45, 7) is 0. The Morgan fingerprint density at radius 2 is 1.50 bits per heavy atom. The van der Waals surface area contributed by atoms with Crippen molar-refractivity contribution in [1.82, 2.24) is 10.6 Å². The third-order valence-corrected chi connectivity index (χ3v) is 7.20. The van der Waals surface area contributed by atoms with Gasteiger partial charge in [0.25, 0.3) is 0 Å². The number of aliphatic hydroxyl groups is 1. The lowest BCUT2D eigenvalue weighted by Gasteiger charge is -2.28. The van der Waals surface area contributed by atoms with E-state index in [4.69, 9.17) is 9.47 Å². The van der Waals surface area contributed by atoms with E-state index in [1.807, 2.05) is 42.5 Å². The molecule has 8 heteroatoms. The summed E-state index contributed by atoms with van der Waals surface area (Å²) in [6.07, 6.45) is 5.65. The highest BCUT2D eigenvalue weighted by atomic mass is 16.5. The molecule has 206 valence electrons. The summed E-state index contributed by atoms with van der Waals surface area (Å²) in [5.74, 6) is -0.720. The monoisotopic (exact) mass is 524 g/mol. The molecule has 1 saturated carbocycles. The van der Waals surface area contributed by atoms with E-state index < -0.39 is 36.2 Å². The molecule has 2 aromatic carbocycles. The third-order valence-electron chi connectivity index (χ3n) is 7.20. The molecule has 38 heavy (non-hydrogen) atoms. The molecule has 1 fully saturated rings. The van der Waals surface area contributed by atoms with Gasteiger partial charge in [-0.05, 0) is 41.9 Å². The second-order valence-electron chi connectivity index (χ2n) is 10.1. The van der Waals surface area contributed by atoms with Crippen LogP contribution in [-0.4, -0.2) is 55.5 Å². The lowest BCUT2D eigenvalue weighted by Crippen LogP contribution is -2.53. The molecule has 0 spiro atoms. The molecule has 0 aliphatic heterocycles. The zero-order chi connectivity index (χ0) is 27.3. The van der Waals surface area contributed by atoms with E-state index in [9.17, 15) is 19.5 Å². The van der Waals surface area contributed by atoms with Gasteiger partial charge in [0.15, 0.2) is 0 Å². The lowest BCUT2D eigenvalue weighted by atomic mass is 9.85. The molecule has 3 N–H and O–H groups in total. The van der Waals surface area contributed by atoms with E-state index in [-0.39, 0.29) is 6.42 Å². The molecule has 2 aromatic rings. The zero-order valence-corrected chi connectivity index (χ0v) is 22.4. The smallest absolute Gasteiger partial charge is 0.328 e. The van der Waals surface area contributed by atoms with E-state index in [1.165, 1.54) is 26.2 Å². The van der Waals surface area contributed by atoms with Crippen molar-refractivity contribution < 1.29 is 29.0 Å². The van der Waals surface area contributed by atoms with Crippen molar-refractivity contribution in [2.24, 2.45) is 5.92 Å². The van der Waals surface area contributed by atoms with Crippen LogP contribution >= 0.6 is 0 Å². The molecular weight excluding hydrogens is 484 g/mol. The van der Waals surface area contributed by atoms with Gasteiger partial charge in [0.1, 0.15) is 6.04 Å². The van der Waals surface area contributed by atoms with Gasteiger partial charge in [-0.15, -0.1) is 0 Å². The Kier molecular flexibility index (Phi) is 11.6. The highest BCUT2D eigenvalue weighted by Crippen LogP contribution is 2.27. The number of urea groups is 1. The predicted octanol–water partition coefficient (Wildman–Crippen LogP) is 3.92. The summed E-state index contributed by atoms with van der Waals surface area (Å²) in [6, 6.07) is 15.9. The van der Waals surface area contributed by atoms with E-state index in [2.05, 4.69) is 22.8 Å². The molecular formula is C30H40N2O6. The molecule has 1 aliphatic rings. The minimum absolute atomic E-state index is 0.268. The summed E-state index contributed by atoms with van der Waals surface area (Å²) in [5, 5.41) is 16.3. The summed E-state index contributed by atoms with van der Waals surface area (Å²) in [4.78, 5) is 37.2. The number of rotatable bonds is 12. The van der Waals surface area contributed by atoms with Crippen molar-refractivity contribution in [2.75, 3.05) is 14.2 Å². The van der Waals surface area contributed by atoms with Crippen LogP contribution in [0.4, 0.5) is 4.79 Å². The molecule has 1 aliphatic carbocycles. The fourth-order valence-corrected chi connectivity index (χ4v) is 5.04. The van der Waals surface area contributed by atoms with Gasteiger partial charge in [0.2, 0.25) is 0 Å². The van der Waals surface area contributed by atoms with Crippen molar-refractivity contribution >= 4 is 18.0 Å². The van der Waals surface area contributed by atoms with Gasteiger partial charge < -0.3 is 25.2 Å². The first-order chi connectivity index (χ1) is 18.4. The first-order valence-corrected chi connectivity index (χ1v) is 13.4. The Hall–Kier alpha value is -3.39. The first kappa shape index (κ1) is 29.2. The molecule has 2 amide bonds. The summed E-state index contributed by atoms with van der Waals surface area (Å²) in [5.41, 5.74) is 3.24. The fraction of sp³-hybridized carbons (Fsp3) is 0.500. The Morgan fingerprint density at radius 3 is 2.13 bits per heavy atom. The van der Waals surface area contributed by atoms with Crippen LogP contribution in [0.3, 0.4) is 0 Å². The zero-order valence-electron chi connectivity index (χ0n) is 22.4. The maximum absolute atomic E-state index is 13.0. The Labute approximate surface area is 225 Å². The van der Waals surface area contributed by atoms with Gasteiger partial charge in [-0.2, -0.15) is 0 Å². The number of ether oxygens (including phenoxy) is 2. The number of hydrogen-bond acceptors (Lipinski definition) is 6. The van der Waals surface area contributed by atoms with Crippen molar-refractivity contribution in [2.45, 2.75) is 76.0 Å².